The van der Waals surface area contributed by atoms with E-state index in [1.807, 2.05) is 0 Å². The molecule has 2 aromatic rings. The minimum absolute atomic E-state index is 0.729. The summed E-state index contributed by atoms with van der Waals surface area (Å²) < 4.78 is 12.4. The Balaban J connectivity index is 2.14. The Morgan fingerprint density at radius 2 is 1.50 bits per heavy atom. The molecule has 0 saturated carbocycles. The van der Waals surface area contributed by atoms with Gasteiger partial charge in [-0.3, -0.25) is 0 Å². The summed E-state index contributed by atoms with van der Waals surface area (Å²) in [7, 11) is 0. The zero-order chi connectivity index (χ0) is 18.6. The van der Waals surface area contributed by atoms with Gasteiger partial charge in [-0.2, -0.15) is 0 Å². The number of halogens is 1. The summed E-state index contributed by atoms with van der Waals surface area (Å²) in [6, 6.07) is 10.6. The number of fused-ring (bicyclic) bond motifs is 1. The maximum Gasteiger partial charge on any atom is 0.130 e. The van der Waals surface area contributed by atoms with Crippen molar-refractivity contribution >= 4 is 22.4 Å². The minimum atomic E-state index is 0.729. The third-order valence-electron chi connectivity index (χ3n) is 4.69. The molecule has 0 radical (unpaired) electrons. The number of rotatable bonds is 13. The van der Waals surface area contributed by atoms with Crippen molar-refractivity contribution in [1.82, 2.24) is 0 Å². The van der Waals surface area contributed by atoms with Gasteiger partial charge in [0, 0.05) is 16.7 Å². The van der Waals surface area contributed by atoms with Crippen molar-refractivity contribution in [1.29, 1.82) is 0 Å². The Hall–Kier alpha value is -1.41. The molecule has 0 aliphatic carbocycles. The van der Waals surface area contributed by atoms with Crippen molar-refractivity contribution in [3.63, 3.8) is 0 Å². The number of benzene rings is 2. The van der Waals surface area contributed by atoms with Crippen LogP contribution >= 0.6 is 11.6 Å². The first-order chi connectivity index (χ1) is 12.8. The average molecular weight is 377 g/mol. The minimum Gasteiger partial charge on any atom is -0.493 e. The van der Waals surface area contributed by atoms with Crippen LogP contribution in [0.1, 0.15) is 64.4 Å². The van der Waals surface area contributed by atoms with Gasteiger partial charge in [0.1, 0.15) is 11.5 Å². The van der Waals surface area contributed by atoms with Crippen LogP contribution in [0.4, 0.5) is 0 Å². The first-order valence-electron chi connectivity index (χ1n) is 10.2. The highest BCUT2D eigenvalue weighted by Crippen LogP contribution is 2.37. The fourth-order valence-corrected chi connectivity index (χ4v) is 3.37. The number of aryl methyl sites for hydroxylation is 1. The van der Waals surface area contributed by atoms with Crippen molar-refractivity contribution in [2.45, 2.75) is 65.2 Å². The summed E-state index contributed by atoms with van der Waals surface area (Å²) in [6.45, 7) is 5.94. The maximum atomic E-state index is 6.23. The van der Waals surface area contributed by atoms with Gasteiger partial charge < -0.3 is 9.47 Å². The van der Waals surface area contributed by atoms with E-state index in [2.05, 4.69) is 44.2 Å². The Kier molecular flexibility index (Phi) is 9.70. The SMILES string of the molecule is CCCCCCOc1c(CC)cc(OCCCCCCl)c2ccccc12. The molecule has 0 fully saturated rings. The zero-order valence-electron chi connectivity index (χ0n) is 16.4. The number of alkyl halides is 1. The quantitative estimate of drug-likeness (QED) is 0.273. The summed E-state index contributed by atoms with van der Waals surface area (Å²) >= 11 is 5.75. The van der Waals surface area contributed by atoms with Crippen molar-refractivity contribution in [2.75, 3.05) is 19.1 Å². The van der Waals surface area contributed by atoms with Crippen LogP contribution in [0.3, 0.4) is 0 Å². The van der Waals surface area contributed by atoms with Gasteiger partial charge >= 0.3 is 0 Å². The first kappa shape index (κ1) is 20.9. The fourth-order valence-electron chi connectivity index (χ4n) is 3.18. The second-order valence-corrected chi connectivity index (χ2v) is 7.15. The third-order valence-corrected chi connectivity index (χ3v) is 4.96. The van der Waals surface area contributed by atoms with Gasteiger partial charge in [-0.1, -0.05) is 57.4 Å². The number of ether oxygens (including phenoxy) is 2. The lowest BCUT2D eigenvalue weighted by Crippen LogP contribution is -2.03. The van der Waals surface area contributed by atoms with Gasteiger partial charge in [0.15, 0.2) is 0 Å². The maximum absolute atomic E-state index is 6.23. The molecule has 2 aromatic carbocycles. The van der Waals surface area contributed by atoms with Crippen LogP contribution in [0.15, 0.2) is 30.3 Å². The van der Waals surface area contributed by atoms with Crippen LogP contribution in [0.2, 0.25) is 0 Å². The molecule has 0 heterocycles. The van der Waals surface area contributed by atoms with Crippen LogP contribution < -0.4 is 9.47 Å². The van der Waals surface area contributed by atoms with Crippen LogP contribution in [0.5, 0.6) is 11.5 Å². The molecule has 0 bridgehead atoms. The summed E-state index contributed by atoms with van der Waals surface area (Å²) in [4.78, 5) is 0. The molecule has 0 aliphatic rings. The molecule has 3 heteroatoms. The average Bonchev–Trinajstić information content (AvgIpc) is 2.68. The molecule has 0 aromatic heterocycles. The Morgan fingerprint density at radius 3 is 2.19 bits per heavy atom. The van der Waals surface area contributed by atoms with E-state index >= 15 is 0 Å². The summed E-state index contributed by atoms with van der Waals surface area (Å²) in [5.74, 6) is 2.74. The molecule has 0 aliphatic heterocycles. The second-order valence-electron chi connectivity index (χ2n) is 6.77. The molecular formula is C23H33ClO2. The molecule has 0 atom stereocenters. The van der Waals surface area contributed by atoms with E-state index in [0.717, 1.165) is 73.5 Å². The van der Waals surface area contributed by atoms with Gasteiger partial charge in [0.25, 0.3) is 0 Å². The Bertz CT molecular complexity index is 654. The highest BCUT2D eigenvalue weighted by Gasteiger charge is 2.13. The van der Waals surface area contributed by atoms with E-state index in [-0.39, 0.29) is 0 Å². The van der Waals surface area contributed by atoms with Crippen LogP contribution in [0, 0.1) is 0 Å². The van der Waals surface area contributed by atoms with Crippen LogP contribution in [0.25, 0.3) is 10.8 Å². The topological polar surface area (TPSA) is 18.5 Å². The molecule has 0 saturated heterocycles. The van der Waals surface area contributed by atoms with Crippen LogP contribution in [-0.2, 0) is 6.42 Å². The van der Waals surface area contributed by atoms with Gasteiger partial charge in [-0.05, 0) is 43.7 Å². The normalized spacial score (nSPS) is 11.0. The monoisotopic (exact) mass is 376 g/mol. The van der Waals surface area contributed by atoms with Gasteiger partial charge in [-0.15, -0.1) is 11.6 Å². The van der Waals surface area contributed by atoms with Gasteiger partial charge in [-0.25, -0.2) is 0 Å². The summed E-state index contributed by atoms with van der Waals surface area (Å²) in [6.07, 6.45) is 9.03. The van der Waals surface area contributed by atoms with Crippen molar-refractivity contribution in [3.8, 4) is 11.5 Å². The van der Waals surface area contributed by atoms with Gasteiger partial charge in [0.2, 0.25) is 0 Å². The molecule has 144 valence electrons. The predicted octanol–water partition coefficient (Wildman–Crippen LogP) is 7.15. The fraction of sp³-hybridized carbons (Fsp3) is 0.565. The predicted molar refractivity (Wildman–Crippen MR) is 113 cm³/mol. The van der Waals surface area contributed by atoms with E-state index < -0.39 is 0 Å². The smallest absolute Gasteiger partial charge is 0.130 e. The molecule has 0 N–H and O–H groups in total. The summed E-state index contributed by atoms with van der Waals surface area (Å²) in [5.41, 5.74) is 1.23. The van der Waals surface area contributed by atoms with Crippen molar-refractivity contribution in [2.24, 2.45) is 0 Å². The second kappa shape index (κ2) is 12.1. The zero-order valence-corrected chi connectivity index (χ0v) is 17.1. The standard InChI is InChI=1S/C23H33ClO2/c1-3-5-6-11-17-26-23-19(4-2)18-22(25-16-12-7-10-15-24)20-13-8-9-14-21(20)23/h8-9,13-14,18H,3-7,10-12,15-17H2,1-2H3. The van der Waals surface area contributed by atoms with E-state index in [1.54, 1.807) is 0 Å². The molecule has 2 nitrogen and oxygen atoms in total. The lowest BCUT2D eigenvalue weighted by molar-refractivity contribution is 0.300. The lowest BCUT2D eigenvalue weighted by atomic mass is 10.0. The third kappa shape index (κ3) is 6.09. The Morgan fingerprint density at radius 1 is 0.808 bits per heavy atom. The molecule has 0 unspecified atom stereocenters. The largest absolute Gasteiger partial charge is 0.493 e. The molecular weight excluding hydrogens is 344 g/mol. The Labute approximate surface area is 163 Å². The molecule has 2 rings (SSSR count). The molecule has 0 spiro atoms. The highest BCUT2D eigenvalue weighted by molar-refractivity contribution is 6.17. The first-order valence-corrected chi connectivity index (χ1v) is 10.7. The molecule has 26 heavy (non-hydrogen) atoms. The number of hydrogen-bond donors (Lipinski definition) is 0. The van der Waals surface area contributed by atoms with Crippen LogP contribution in [-0.4, -0.2) is 19.1 Å². The van der Waals surface area contributed by atoms with E-state index in [0.29, 0.717) is 0 Å². The van der Waals surface area contributed by atoms with E-state index in [4.69, 9.17) is 21.1 Å². The number of hydrogen-bond acceptors (Lipinski definition) is 2. The summed E-state index contributed by atoms with van der Waals surface area (Å²) in [5, 5.41) is 2.31. The lowest BCUT2D eigenvalue weighted by Gasteiger charge is -2.17. The van der Waals surface area contributed by atoms with E-state index in [9.17, 15) is 0 Å². The molecule has 0 amide bonds. The van der Waals surface area contributed by atoms with Crippen molar-refractivity contribution in [3.05, 3.63) is 35.9 Å². The highest BCUT2D eigenvalue weighted by atomic mass is 35.5. The number of unbranched alkanes of at least 4 members (excludes halogenated alkanes) is 5. The van der Waals surface area contributed by atoms with Gasteiger partial charge in [0.05, 0.1) is 13.2 Å². The van der Waals surface area contributed by atoms with Crippen molar-refractivity contribution < 1.29 is 9.47 Å². The van der Waals surface area contributed by atoms with E-state index in [1.165, 1.54) is 24.8 Å².